The summed E-state index contributed by atoms with van der Waals surface area (Å²) in [5.74, 6) is -0.207. The molecule has 72 valence electrons. The molecule has 0 aromatic rings. The van der Waals surface area contributed by atoms with Crippen LogP contribution in [0, 0.1) is 11.3 Å². The highest BCUT2D eigenvalue weighted by atomic mass is 16.4. The predicted molar refractivity (Wildman–Crippen MR) is 50.1 cm³/mol. The average molecular weight is 172 g/mol. The molecular weight excluding hydrogens is 152 g/mol. The first-order valence-corrected chi connectivity index (χ1v) is 4.62. The Morgan fingerprint density at radius 2 is 2.00 bits per heavy atom. The number of aliphatic carboxylic acids is 1. The van der Waals surface area contributed by atoms with Crippen LogP contribution in [-0.4, -0.2) is 11.1 Å². The SMILES string of the molecule is CCCC(C)C(C)(C)CC(=O)O. The summed E-state index contributed by atoms with van der Waals surface area (Å²) in [5, 5.41) is 8.67. The minimum Gasteiger partial charge on any atom is -0.481 e. The number of hydrogen-bond donors (Lipinski definition) is 1. The molecule has 0 rings (SSSR count). The molecule has 0 bridgehead atoms. The highest BCUT2D eigenvalue weighted by molar-refractivity contribution is 5.67. The van der Waals surface area contributed by atoms with Gasteiger partial charge < -0.3 is 5.11 Å². The third kappa shape index (κ3) is 3.74. The summed E-state index contributed by atoms with van der Waals surface area (Å²) in [4.78, 5) is 10.5. The highest BCUT2D eigenvalue weighted by Gasteiger charge is 2.27. The maximum absolute atomic E-state index is 10.5. The lowest BCUT2D eigenvalue weighted by Gasteiger charge is -2.29. The van der Waals surface area contributed by atoms with E-state index in [0.29, 0.717) is 5.92 Å². The third-order valence-electron chi connectivity index (χ3n) is 2.66. The number of carboxylic acids is 1. The van der Waals surface area contributed by atoms with Gasteiger partial charge in [-0.15, -0.1) is 0 Å². The van der Waals surface area contributed by atoms with Crippen molar-refractivity contribution in [3.8, 4) is 0 Å². The van der Waals surface area contributed by atoms with E-state index in [4.69, 9.17) is 5.11 Å². The summed E-state index contributed by atoms with van der Waals surface area (Å²) in [6, 6.07) is 0. The van der Waals surface area contributed by atoms with Gasteiger partial charge in [0, 0.05) is 0 Å². The second-order valence-corrected chi connectivity index (χ2v) is 4.25. The second-order valence-electron chi connectivity index (χ2n) is 4.25. The van der Waals surface area contributed by atoms with E-state index in [9.17, 15) is 4.79 Å². The summed E-state index contributed by atoms with van der Waals surface area (Å²) < 4.78 is 0. The van der Waals surface area contributed by atoms with E-state index in [-0.39, 0.29) is 11.8 Å². The lowest BCUT2D eigenvalue weighted by atomic mass is 9.75. The van der Waals surface area contributed by atoms with Gasteiger partial charge in [-0.2, -0.15) is 0 Å². The van der Waals surface area contributed by atoms with Crippen molar-refractivity contribution >= 4 is 5.97 Å². The van der Waals surface area contributed by atoms with Crippen LogP contribution >= 0.6 is 0 Å². The second kappa shape index (κ2) is 4.48. The van der Waals surface area contributed by atoms with Gasteiger partial charge in [-0.1, -0.05) is 40.5 Å². The molecule has 0 aliphatic heterocycles. The van der Waals surface area contributed by atoms with Gasteiger partial charge in [0.05, 0.1) is 6.42 Å². The van der Waals surface area contributed by atoms with Crippen molar-refractivity contribution in [2.75, 3.05) is 0 Å². The molecule has 0 aliphatic rings. The quantitative estimate of drug-likeness (QED) is 0.692. The zero-order chi connectivity index (χ0) is 9.78. The Bertz CT molecular complexity index is 150. The molecule has 0 radical (unpaired) electrons. The molecular formula is C10H20O2. The Hall–Kier alpha value is -0.530. The van der Waals surface area contributed by atoms with E-state index >= 15 is 0 Å². The summed E-state index contributed by atoms with van der Waals surface area (Å²) in [5.41, 5.74) is -0.0676. The van der Waals surface area contributed by atoms with Gasteiger partial charge in [-0.05, 0) is 11.3 Å². The Morgan fingerprint density at radius 1 is 1.50 bits per heavy atom. The monoisotopic (exact) mass is 172 g/mol. The number of carboxylic acid groups (broad SMARTS) is 1. The lowest BCUT2D eigenvalue weighted by molar-refractivity contribution is -0.140. The number of hydrogen-bond acceptors (Lipinski definition) is 1. The standard InChI is InChI=1S/C10H20O2/c1-5-6-8(2)10(3,4)7-9(11)12/h8H,5-7H2,1-4H3,(H,11,12). The van der Waals surface area contributed by atoms with Crippen LogP contribution in [0.2, 0.25) is 0 Å². The van der Waals surface area contributed by atoms with Crippen LogP contribution < -0.4 is 0 Å². The molecule has 0 spiro atoms. The first-order chi connectivity index (χ1) is 5.40. The largest absolute Gasteiger partial charge is 0.481 e. The van der Waals surface area contributed by atoms with Crippen molar-refractivity contribution in [2.24, 2.45) is 11.3 Å². The van der Waals surface area contributed by atoms with E-state index in [1.807, 2.05) is 13.8 Å². The molecule has 1 N–H and O–H groups in total. The van der Waals surface area contributed by atoms with Crippen LogP contribution in [0.1, 0.15) is 47.0 Å². The number of carbonyl (C=O) groups is 1. The Balaban J connectivity index is 4.07. The van der Waals surface area contributed by atoms with Crippen molar-refractivity contribution in [3.05, 3.63) is 0 Å². The first-order valence-electron chi connectivity index (χ1n) is 4.62. The van der Waals surface area contributed by atoms with Gasteiger partial charge in [0.15, 0.2) is 0 Å². The zero-order valence-corrected chi connectivity index (χ0v) is 8.55. The summed E-state index contributed by atoms with van der Waals surface area (Å²) >= 11 is 0. The topological polar surface area (TPSA) is 37.3 Å². The van der Waals surface area contributed by atoms with Crippen molar-refractivity contribution in [3.63, 3.8) is 0 Å². The van der Waals surface area contributed by atoms with E-state index in [1.54, 1.807) is 0 Å². The maximum atomic E-state index is 10.5. The first kappa shape index (κ1) is 11.5. The Labute approximate surface area is 75.0 Å². The lowest BCUT2D eigenvalue weighted by Crippen LogP contribution is -2.24. The molecule has 12 heavy (non-hydrogen) atoms. The van der Waals surface area contributed by atoms with Crippen LogP contribution in [0.3, 0.4) is 0 Å². The zero-order valence-electron chi connectivity index (χ0n) is 8.55. The van der Waals surface area contributed by atoms with Gasteiger partial charge in [0.2, 0.25) is 0 Å². The molecule has 0 fully saturated rings. The molecule has 1 atom stereocenters. The van der Waals surface area contributed by atoms with Crippen LogP contribution in [-0.2, 0) is 4.79 Å². The molecule has 0 amide bonds. The van der Waals surface area contributed by atoms with Gasteiger partial charge >= 0.3 is 5.97 Å². The van der Waals surface area contributed by atoms with Crippen LogP contribution in [0.15, 0.2) is 0 Å². The van der Waals surface area contributed by atoms with Gasteiger partial charge in [0.1, 0.15) is 0 Å². The average Bonchev–Trinajstić information content (AvgIpc) is 1.85. The maximum Gasteiger partial charge on any atom is 0.303 e. The van der Waals surface area contributed by atoms with Crippen molar-refractivity contribution in [1.82, 2.24) is 0 Å². The molecule has 2 heteroatoms. The van der Waals surface area contributed by atoms with Crippen LogP contribution in [0.25, 0.3) is 0 Å². The fourth-order valence-corrected chi connectivity index (χ4v) is 1.39. The van der Waals surface area contributed by atoms with E-state index < -0.39 is 5.97 Å². The molecule has 0 heterocycles. The minimum absolute atomic E-state index is 0.0676. The summed E-state index contributed by atoms with van der Waals surface area (Å²) in [7, 11) is 0. The van der Waals surface area contributed by atoms with Crippen LogP contribution in [0.5, 0.6) is 0 Å². The van der Waals surface area contributed by atoms with Crippen molar-refractivity contribution in [2.45, 2.75) is 47.0 Å². The van der Waals surface area contributed by atoms with Crippen molar-refractivity contribution < 1.29 is 9.90 Å². The molecule has 0 saturated carbocycles. The molecule has 0 aromatic carbocycles. The summed E-state index contributed by atoms with van der Waals surface area (Å²) in [6.45, 7) is 8.32. The van der Waals surface area contributed by atoms with Crippen LogP contribution in [0.4, 0.5) is 0 Å². The van der Waals surface area contributed by atoms with Gasteiger partial charge in [-0.25, -0.2) is 0 Å². The van der Waals surface area contributed by atoms with Crippen molar-refractivity contribution in [1.29, 1.82) is 0 Å². The van der Waals surface area contributed by atoms with Gasteiger partial charge in [-0.3, -0.25) is 4.79 Å². The molecule has 2 nitrogen and oxygen atoms in total. The van der Waals surface area contributed by atoms with E-state index in [0.717, 1.165) is 12.8 Å². The highest BCUT2D eigenvalue weighted by Crippen LogP contribution is 2.33. The van der Waals surface area contributed by atoms with E-state index in [2.05, 4.69) is 13.8 Å². The molecule has 0 aromatic heterocycles. The normalized spacial score (nSPS) is 14.3. The Morgan fingerprint density at radius 3 is 2.33 bits per heavy atom. The van der Waals surface area contributed by atoms with Gasteiger partial charge in [0.25, 0.3) is 0 Å². The molecule has 0 saturated heterocycles. The van der Waals surface area contributed by atoms with E-state index in [1.165, 1.54) is 0 Å². The smallest absolute Gasteiger partial charge is 0.303 e. The Kier molecular flexibility index (Phi) is 4.29. The molecule has 0 aliphatic carbocycles. The third-order valence-corrected chi connectivity index (χ3v) is 2.66. The predicted octanol–water partition coefficient (Wildman–Crippen LogP) is 2.92. The summed E-state index contributed by atoms with van der Waals surface area (Å²) in [6.07, 6.45) is 2.51. The fraction of sp³-hybridized carbons (Fsp3) is 0.900. The minimum atomic E-state index is -0.692. The fourth-order valence-electron chi connectivity index (χ4n) is 1.39. The number of rotatable bonds is 5. The molecule has 1 unspecified atom stereocenters.